The molecule has 0 aliphatic rings. The number of aryl methyl sites for hydroxylation is 1. The van der Waals surface area contributed by atoms with Gasteiger partial charge in [-0.05, 0) is 36.1 Å². The van der Waals surface area contributed by atoms with Gasteiger partial charge in [-0.2, -0.15) is 0 Å². The fourth-order valence-electron chi connectivity index (χ4n) is 1.52. The molecule has 1 heterocycles. The summed E-state index contributed by atoms with van der Waals surface area (Å²) in [6.45, 7) is 2.10. The van der Waals surface area contributed by atoms with E-state index in [4.69, 9.17) is 0 Å². The van der Waals surface area contributed by atoms with Gasteiger partial charge in [-0.15, -0.1) is 0 Å². The lowest BCUT2D eigenvalue weighted by molar-refractivity contribution is 1.12. The number of aromatic nitrogens is 1. The molecule has 1 aromatic heterocycles. The Hall–Kier alpha value is -1.63. The van der Waals surface area contributed by atoms with Gasteiger partial charge in [-0.3, -0.25) is 4.98 Å². The van der Waals surface area contributed by atoms with E-state index in [1.54, 1.807) is 0 Å². The highest BCUT2D eigenvalue weighted by Gasteiger charge is 1.98. The van der Waals surface area contributed by atoms with Crippen LogP contribution in [0, 0.1) is 6.92 Å². The van der Waals surface area contributed by atoms with Gasteiger partial charge < -0.3 is 0 Å². The first-order valence-corrected chi connectivity index (χ1v) is 4.79. The SMILES string of the molecule is Cc1cnccc1Cc1ccccc1. The molecule has 2 aromatic rings. The molecule has 0 unspecified atom stereocenters. The van der Waals surface area contributed by atoms with E-state index in [9.17, 15) is 0 Å². The second-order valence-electron chi connectivity index (χ2n) is 3.46. The quantitative estimate of drug-likeness (QED) is 0.697. The maximum absolute atomic E-state index is 4.09. The highest BCUT2D eigenvalue weighted by molar-refractivity contribution is 5.29. The Bertz CT molecular complexity index is 407. The molecular weight excluding hydrogens is 170 g/mol. The molecule has 2 rings (SSSR count). The normalized spacial score (nSPS) is 10.1. The van der Waals surface area contributed by atoms with Crippen LogP contribution in [0.25, 0.3) is 0 Å². The predicted molar refractivity (Wildman–Crippen MR) is 58.2 cm³/mol. The van der Waals surface area contributed by atoms with E-state index in [2.05, 4.69) is 42.2 Å². The average Bonchev–Trinajstić information content (AvgIpc) is 2.23. The van der Waals surface area contributed by atoms with Crippen LogP contribution in [0.15, 0.2) is 48.8 Å². The molecule has 0 N–H and O–H groups in total. The largest absolute Gasteiger partial charge is 0.264 e. The Balaban J connectivity index is 2.24. The number of hydrogen-bond acceptors (Lipinski definition) is 1. The van der Waals surface area contributed by atoms with Crippen molar-refractivity contribution in [2.24, 2.45) is 0 Å². The number of benzene rings is 1. The van der Waals surface area contributed by atoms with Crippen molar-refractivity contribution in [3.05, 3.63) is 65.5 Å². The minimum atomic E-state index is 0.995. The van der Waals surface area contributed by atoms with Crippen LogP contribution in [0.2, 0.25) is 0 Å². The van der Waals surface area contributed by atoms with Gasteiger partial charge >= 0.3 is 0 Å². The molecule has 0 saturated carbocycles. The van der Waals surface area contributed by atoms with Crippen molar-refractivity contribution in [2.75, 3.05) is 0 Å². The van der Waals surface area contributed by atoms with E-state index >= 15 is 0 Å². The van der Waals surface area contributed by atoms with Gasteiger partial charge in [0.25, 0.3) is 0 Å². The predicted octanol–water partition coefficient (Wildman–Crippen LogP) is 2.98. The molecule has 0 amide bonds. The van der Waals surface area contributed by atoms with Gasteiger partial charge in [-0.1, -0.05) is 30.3 Å². The van der Waals surface area contributed by atoms with Crippen LogP contribution < -0.4 is 0 Å². The van der Waals surface area contributed by atoms with E-state index in [0.29, 0.717) is 0 Å². The Morgan fingerprint density at radius 1 is 1.07 bits per heavy atom. The fourth-order valence-corrected chi connectivity index (χ4v) is 1.52. The minimum absolute atomic E-state index is 0.995. The van der Waals surface area contributed by atoms with Gasteiger partial charge in [0.1, 0.15) is 0 Å². The number of rotatable bonds is 2. The average molecular weight is 183 g/mol. The third kappa shape index (κ3) is 1.99. The number of hydrogen-bond donors (Lipinski definition) is 0. The molecule has 0 bridgehead atoms. The lowest BCUT2D eigenvalue weighted by Crippen LogP contribution is -1.91. The number of pyridine rings is 1. The molecule has 0 saturated heterocycles. The molecule has 0 spiro atoms. The molecule has 0 radical (unpaired) electrons. The molecule has 0 aliphatic heterocycles. The Labute approximate surface area is 84.4 Å². The fraction of sp³-hybridized carbons (Fsp3) is 0.154. The molecular formula is C13H13N. The van der Waals surface area contributed by atoms with E-state index in [1.807, 2.05) is 18.5 Å². The zero-order chi connectivity index (χ0) is 9.80. The first-order valence-electron chi connectivity index (χ1n) is 4.79. The van der Waals surface area contributed by atoms with E-state index in [0.717, 1.165) is 6.42 Å². The van der Waals surface area contributed by atoms with Crippen LogP contribution >= 0.6 is 0 Å². The van der Waals surface area contributed by atoms with Gasteiger partial charge in [0.2, 0.25) is 0 Å². The Kier molecular flexibility index (Phi) is 2.59. The molecule has 1 aromatic carbocycles. The molecule has 1 heteroatoms. The molecule has 0 fully saturated rings. The van der Waals surface area contributed by atoms with Crippen molar-refractivity contribution in [2.45, 2.75) is 13.3 Å². The Morgan fingerprint density at radius 2 is 1.86 bits per heavy atom. The van der Waals surface area contributed by atoms with E-state index in [1.165, 1.54) is 16.7 Å². The van der Waals surface area contributed by atoms with Crippen LogP contribution in [0.3, 0.4) is 0 Å². The van der Waals surface area contributed by atoms with Gasteiger partial charge in [0, 0.05) is 12.4 Å². The Morgan fingerprint density at radius 3 is 2.57 bits per heavy atom. The second kappa shape index (κ2) is 4.05. The van der Waals surface area contributed by atoms with Crippen molar-refractivity contribution >= 4 is 0 Å². The van der Waals surface area contributed by atoms with Crippen LogP contribution in [0.4, 0.5) is 0 Å². The van der Waals surface area contributed by atoms with Crippen molar-refractivity contribution in [1.29, 1.82) is 0 Å². The lowest BCUT2D eigenvalue weighted by Gasteiger charge is -2.04. The summed E-state index contributed by atoms with van der Waals surface area (Å²) < 4.78 is 0. The summed E-state index contributed by atoms with van der Waals surface area (Å²) in [4.78, 5) is 4.09. The monoisotopic (exact) mass is 183 g/mol. The smallest absolute Gasteiger partial charge is 0.0299 e. The summed E-state index contributed by atoms with van der Waals surface area (Å²) >= 11 is 0. The summed E-state index contributed by atoms with van der Waals surface area (Å²) in [6, 6.07) is 12.6. The summed E-state index contributed by atoms with van der Waals surface area (Å²) in [5.41, 5.74) is 3.96. The van der Waals surface area contributed by atoms with Crippen molar-refractivity contribution < 1.29 is 0 Å². The molecule has 0 atom stereocenters. The summed E-state index contributed by atoms with van der Waals surface area (Å²) in [7, 11) is 0. The van der Waals surface area contributed by atoms with Crippen LogP contribution in [0.1, 0.15) is 16.7 Å². The molecule has 14 heavy (non-hydrogen) atoms. The highest BCUT2D eigenvalue weighted by Crippen LogP contribution is 2.11. The van der Waals surface area contributed by atoms with Gasteiger partial charge in [0.15, 0.2) is 0 Å². The summed E-state index contributed by atoms with van der Waals surface area (Å²) in [6.07, 6.45) is 4.76. The van der Waals surface area contributed by atoms with E-state index in [-0.39, 0.29) is 0 Å². The minimum Gasteiger partial charge on any atom is -0.264 e. The standard InChI is InChI=1S/C13H13N/c1-11-10-14-8-7-13(11)9-12-5-3-2-4-6-12/h2-8,10H,9H2,1H3. The zero-order valence-corrected chi connectivity index (χ0v) is 8.27. The maximum atomic E-state index is 4.09. The molecule has 0 aliphatic carbocycles. The topological polar surface area (TPSA) is 12.9 Å². The van der Waals surface area contributed by atoms with Gasteiger partial charge in [0.05, 0.1) is 0 Å². The lowest BCUT2D eigenvalue weighted by atomic mass is 10.0. The maximum Gasteiger partial charge on any atom is 0.0299 e. The third-order valence-electron chi connectivity index (χ3n) is 2.37. The van der Waals surface area contributed by atoms with Crippen LogP contribution in [-0.4, -0.2) is 4.98 Å². The first-order chi connectivity index (χ1) is 6.86. The molecule has 1 nitrogen and oxygen atoms in total. The van der Waals surface area contributed by atoms with Gasteiger partial charge in [-0.25, -0.2) is 0 Å². The zero-order valence-electron chi connectivity index (χ0n) is 8.27. The molecule has 70 valence electrons. The van der Waals surface area contributed by atoms with E-state index < -0.39 is 0 Å². The van der Waals surface area contributed by atoms with Crippen molar-refractivity contribution in [3.63, 3.8) is 0 Å². The summed E-state index contributed by atoms with van der Waals surface area (Å²) in [5, 5.41) is 0. The first kappa shape index (κ1) is 8.95. The highest BCUT2D eigenvalue weighted by atomic mass is 14.6. The van der Waals surface area contributed by atoms with Crippen molar-refractivity contribution in [3.8, 4) is 0 Å². The third-order valence-corrected chi connectivity index (χ3v) is 2.37. The number of nitrogens with zero attached hydrogens (tertiary/aromatic N) is 1. The van der Waals surface area contributed by atoms with Crippen molar-refractivity contribution in [1.82, 2.24) is 4.98 Å². The van der Waals surface area contributed by atoms with Crippen LogP contribution in [0.5, 0.6) is 0 Å². The van der Waals surface area contributed by atoms with Crippen LogP contribution in [-0.2, 0) is 6.42 Å². The summed E-state index contributed by atoms with van der Waals surface area (Å²) in [5.74, 6) is 0. The second-order valence-corrected chi connectivity index (χ2v) is 3.46.